The average molecular weight is 254 g/mol. The van der Waals surface area contributed by atoms with Gasteiger partial charge in [0.2, 0.25) is 6.41 Å². The SMILES string of the molecule is CNC=O.Cc1ccc(OC/C(=C/F)CN)cc1. The van der Waals surface area contributed by atoms with Crippen LogP contribution in [0.3, 0.4) is 0 Å². The predicted molar refractivity (Wildman–Crippen MR) is 70.0 cm³/mol. The molecular formula is C13H19FN2O2. The molecule has 0 aliphatic rings. The first kappa shape index (κ1) is 16.1. The summed E-state index contributed by atoms with van der Waals surface area (Å²) in [5, 5.41) is 2.25. The number of nitrogens with two attached hydrogens (primary N) is 1. The third-order valence-corrected chi connectivity index (χ3v) is 1.98. The lowest BCUT2D eigenvalue weighted by atomic mass is 10.2. The van der Waals surface area contributed by atoms with E-state index >= 15 is 0 Å². The molecule has 1 aromatic carbocycles. The molecule has 5 heteroatoms. The first-order valence-electron chi connectivity index (χ1n) is 5.46. The molecule has 3 N–H and O–H groups in total. The van der Waals surface area contributed by atoms with Gasteiger partial charge in [0.25, 0.3) is 0 Å². The molecule has 100 valence electrons. The van der Waals surface area contributed by atoms with Crippen molar-refractivity contribution < 1.29 is 13.9 Å². The minimum atomic E-state index is 0.183. The van der Waals surface area contributed by atoms with Gasteiger partial charge in [-0.25, -0.2) is 4.39 Å². The Hall–Kier alpha value is -1.88. The molecule has 1 rings (SSSR count). The van der Waals surface area contributed by atoms with Crippen LogP contribution in [0.15, 0.2) is 36.2 Å². The number of amides is 1. The maximum atomic E-state index is 12.1. The summed E-state index contributed by atoms with van der Waals surface area (Å²) in [5.74, 6) is 0.725. The second kappa shape index (κ2) is 10.3. The Morgan fingerprint density at radius 2 is 2.00 bits per heavy atom. The topological polar surface area (TPSA) is 64.3 Å². The summed E-state index contributed by atoms with van der Waals surface area (Å²) in [6.07, 6.45) is 1.12. The van der Waals surface area contributed by atoms with Gasteiger partial charge in [-0.1, -0.05) is 17.7 Å². The highest BCUT2D eigenvalue weighted by Gasteiger charge is 1.97. The smallest absolute Gasteiger partial charge is 0.206 e. The van der Waals surface area contributed by atoms with Gasteiger partial charge in [0.15, 0.2) is 0 Å². The first-order valence-corrected chi connectivity index (χ1v) is 5.46. The summed E-state index contributed by atoms with van der Waals surface area (Å²) in [6, 6.07) is 7.58. The van der Waals surface area contributed by atoms with Crippen LogP contribution in [0.4, 0.5) is 4.39 Å². The monoisotopic (exact) mass is 254 g/mol. The highest BCUT2D eigenvalue weighted by molar-refractivity contribution is 5.44. The summed E-state index contributed by atoms with van der Waals surface area (Å²) in [5.41, 5.74) is 6.90. The van der Waals surface area contributed by atoms with Gasteiger partial charge in [-0.2, -0.15) is 0 Å². The van der Waals surface area contributed by atoms with E-state index < -0.39 is 0 Å². The number of benzene rings is 1. The van der Waals surface area contributed by atoms with Crippen molar-refractivity contribution in [2.75, 3.05) is 20.2 Å². The molecule has 0 spiro atoms. The molecule has 0 radical (unpaired) electrons. The highest BCUT2D eigenvalue weighted by Crippen LogP contribution is 2.12. The maximum absolute atomic E-state index is 12.1. The molecule has 0 heterocycles. The van der Waals surface area contributed by atoms with E-state index in [4.69, 9.17) is 15.3 Å². The van der Waals surface area contributed by atoms with E-state index in [1.165, 1.54) is 0 Å². The number of aryl methyl sites for hydroxylation is 1. The van der Waals surface area contributed by atoms with Gasteiger partial charge in [0, 0.05) is 19.2 Å². The second-order valence-corrected chi connectivity index (χ2v) is 3.48. The zero-order valence-corrected chi connectivity index (χ0v) is 10.7. The molecular weight excluding hydrogens is 235 g/mol. The number of halogens is 1. The quantitative estimate of drug-likeness (QED) is 0.783. The zero-order valence-electron chi connectivity index (χ0n) is 10.7. The number of hydrogen-bond donors (Lipinski definition) is 2. The van der Waals surface area contributed by atoms with Crippen molar-refractivity contribution in [2.45, 2.75) is 6.92 Å². The van der Waals surface area contributed by atoms with E-state index in [0.29, 0.717) is 18.3 Å². The van der Waals surface area contributed by atoms with E-state index in [2.05, 4.69) is 5.32 Å². The fraction of sp³-hybridized carbons (Fsp3) is 0.308. The van der Waals surface area contributed by atoms with Crippen LogP contribution in [-0.2, 0) is 4.79 Å². The molecule has 0 atom stereocenters. The molecule has 1 amide bonds. The van der Waals surface area contributed by atoms with Crippen molar-refractivity contribution in [3.8, 4) is 5.75 Å². The Morgan fingerprint density at radius 3 is 2.39 bits per heavy atom. The van der Waals surface area contributed by atoms with E-state index in [1.807, 2.05) is 31.2 Å². The van der Waals surface area contributed by atoms with Crippen LogP contribution in [0, 0.1) is 6.92 Å². The van der Waals surface area contributed by atoms with Crippen LogP contribution < -0.4 is 15.8 Å². The zero-order chi connectivity index (χ0) is 13.8. The molecule has 0 saturated heterocycles. The minimum Gasteiger partial charge on any atom is -0.489 e. The third kappa shape index (κ3) is 7.40. The fourth-order valence-corrected chi connectivity index (χ4v) is 0.945. The molecule has 0 bridgehead atoms. The molecule has 0 saturated carbocycles. The Morgan fingerprint density at radius 1 is 1.44 bits per heavy atom. The molecule has 1 aromatic rings. The van der Waals surface area contributed by atoms with Gasteiger partial charge in [0.05, 0.1) is 6.33 Å². The number of nitrogens with one attached hydrogen (secondary N) is 1. The summed E-state index contributed by atoms with van der Waals surface area (Å²) >= 11 is 0. The van der Waals surface area contributed by atoms with Crippen molar-refractivity contribution in [2.24, 2.45) is 5.73 Å². The van der Waals surface area contributed by atoms with Crippen molar-refractivity contribution in [1.29, 1.82) is 0 Å². The maximum Gasteiger partial charge on any atom is 0.206 e. The van der Waals surface area contributed by atoms with Gasteiger partial charge < -0.3 is 15.8 Å². The number of rotatable bonds is 5. The van der Waals surface area contributed by atoms with Crippen molar-refractivity contribution in [3.05, 3.63) is 41.7 Å². The lowest BCUT2D eigenvalue weighted by molar-refractivity contribution is -0.109. The van der Waals surface area contributed by atoms with Crippen molar-refractivity contribution >= 4 is 6.41 Å². The normalized spacial score (nSPS) is 10.1. The van der Waals surface area contributed by atoms with Crippen LogP contribution in [0.5, 0.6) is 5.75 Å². The standard InChI is InChI=1S/C11H14FNO.C2H5NO/c1-9-2-4-11(5-3-9)14-8-10(6-12)7-13;1-3-2-4/h2-6H,7-8,13H2,1H3;2H,1H3,(H,3,4)/b10-6+;. The first-order chi connectivity index (χ1) is 8.67. The van der Waals surface area contributed by atoms with Crippen LogP contribution in [0.1, 0.15) is 5.56 Å². The summed E-state index contributed by atoms with van der Waals surface area (Å²) in [6.45, 7) is 2.38. The van der Waals surface area contributed by atoms with Crippen LogP contribution in [0.2, 0.25) is 0 Å². The van der Waals surface area contributed by atoms with Crippen molar-refractivity contribution in [1.82, 2.24) is 5.32 Å². The Kier molecular flexibility index (Phi) is 9.21. The molecule has 0 fully saturated rings. The summed E-state index contributed by atoms with van der Waals surface area (Å²) < 4.78 is 17.4. The molecule has 0 aromatic heterocycles. The highest BCUT2D eigenvalue weighted by atomic mass is 19.1. The minimum absolute atomic E-state index is 0.183. The number of ether oxygens (including phenoxy) is 1. The Balaban J connectivity index is 0.000000631. The Labute approximate surface area is 107 Å². The summed E-state index contributed by atoms with van der Waals surface area (Å²) in [4.78, 5) is 9.06. The number of carbonyl (C=O) groups is 1. The number of hydrogen-bond acceptors (Lipinski definition) is 3. The molecule has 18 heavy (non-hydrogen) atoms. The lowest BCUT2D eigenvalue weighted by Crippen LogP contribution is -2.10. The second-order valence-electron chi connectivity index (χ2n) is 3.48. The van der Waals surface area contributed by atoms with E-state index in [9.17, 15) is 4.39 Å². The average Bonchev–Trinajstić information content (AvgIpc) is 2.42. The van der Waals surface area contributed by atoms with Gasteiger partial charge >= 0.3 is 0 Å². The number of carbonyl (C=O) groups excluding carboxylic acids is 1. The third-order valence-electron chi connectivity index (χ3n) is 1.98. The van der Waals surface area contributed by atoms with Crippen LogP contribution >= 0.6 is 0 Å². The predicted octanol–water partition coefficient (Wildman–Crippen LogP) is 1.55. The lowest BCUT2D eigenvalue weighted by Gasteiger charge is -2.06. The largest absolute Gasteiger partial charge is 0.489 e. The van der Waals surface area contributed by atoms with E-state index in [0.717, 1.165) is 11.3 Å². The molecule has 0 aliphatic carbocycles. The van der Waals surface area contributed by atoms with Gasteiger partial charge in [-0.15, -0.1) is 0 Å². The molecule has 0 aliphatic heterocycles. The van der Waals surface area contributed by atoms with Crippen molar-refractivity contribution in [3.63, 3.8) is 0 Å². The van der Waals surface area contributed by atoms with Crippen LogP contribution in [-0.4, -0.2) is 26.6 Å². The van der Waals surface area contributed by atoms with E-state index in [1.54, 1.807) is 7.05 Å². The van der Waals surface area contributed by atoms with Gasteiger partial charge in [-0.3, -0.25) is 4.79 Å². The molecule has 4 nitrogen and oxygen atoms in total. The van der Waals surface area contributed by atoms with Crippen LogP contribution in [0.25, 0.3) is 0 Å². The van der Waals surface area contributed by atoms with Gasteiger partial charge in [-0.05, 0) is 19.1 Å². The van der Waals surface area contributed by atoms with Gasteiger partial charge in [0.1, 0.15) is 12.4 Å². The molecule has 0 unspecified atom stereocenters. The van der Waals surface area contributed by atoms with E-state index in [-0.39, 0.29) is 13.2 Å². The summed E-state index contributed by atoms with van der Waals surface area (Å²) in [7, 11) is 1.56. The fourth-order valence-electron chi connectivity index (χ4n) is 0.945. The Bertz CT molecular complexity index is 364.